The summed E-state index contributed by atoms with van der Waals surface area (Å²) in [5.41, 5.74) is 2.57. The number of rotatable bonds is 2. The molecule has 2 nitrogen and oxygen atoms in total. The zero-order chi connectivity index (χ0) is 15.5. The molecule has 0 aromatic heterocycles. The van der Waals surface area contributed by atoms with Gasteiger partial charge in [0, 0.05) is 18.7 Å². The van der Waals surface area contributed by atoms with Gasteiger partial charge in [0.2, 0.25) is 0 Å². The van der Waals surface area contributed by atoms with Gasteiger partial charge in [0.25, 0.3) is 5.91 Å². The lowest BCUT2D eigenvalue weighted by atomic mass is 9.98. The molecule has 0 radical (unpaired) electrons. The summed E-state index contributed by atoms with van der Waals surface area (Å²) in [5, 5.41) is 0. The molecule has 0 atom stereocenters. The Bertz CT molecular complexity index is 657. The third-order valence-corrected chi connectivity index (χ3v) is 4.36. The first-order chi connectivity index (χ1) is 10.6. The minimum atomic E-state index is -0.251. The number of likely N-dealkylation sites (tertiary alicyclic amines) is 1. The summed E-state index contributed by atoms with van der Waals surface area (Å²) in [6.45, 7) is 3.90. The minimum absolute atomic E-state index is 0.0934. The topological polar surface area (TPSA) is 20.3 Å². The Kier molecular flexibility index (Phi) is 4.23. The Hall–Kier alpha value is -2.16. The fraction of sp³-hybridized carbons (Fsp3) is 0.316. The highest BCUT2D eigenvalue weighted by Gasteiger charge is 2.21. The predicted octanol–water partition coefficient (Wildman–Crippen LogP) is 4.36. The van der Waals surface area contributed by atoms with Crippen LogP contribution < -0.4 is 0 Å². The van der Waals surface area contributed by atoms with Crippen LogP contribution in [0.2, 0.25) is 0 Å². The van der Waals surface area contributed by atoms with Gasteiger partial charge >= 0.3 is 0 Å². The van der Waals surface area contributed by atoms with Gasteiger partial charge in [-0.05, 0) is 54.2 Å². The van der Waals surface area contributed by atoms with Crippen LogP contribution in [0.3, 0.4) is 0 Å². The van der Waals surface area contributed by atoms with Gasteiger partial charge in [-0.25, -0.2) is 4.39 Å². The standard InChI is InChI=1S/C19H20FNO/c1-14-9-11-21(12-10-14)19(22)17-4-2-3-16(13-17)15-5-7-18(20)8-6-15/h2-8,13-14H,9-12H2,1H3. The van der Waals surface area contributed by atoms with E-state index in [-0.39, 0.29) is 11.7 Å². The van der Waals surface area contributed by atoms with Crippen molar-refractivity contribution in [1.29, 1.82) is 0 Å². The van der Waals surface area contributed by atoms with E-state index in [2.05, 4.69) is 6.92 Å². The van der Waals surface area contributed by atoms with Gasteiger partial charge < -0.3 is 4.90 Å². The number of piperidine rings is 1. The maximum absolute atomic E-state index is 13.0. The molecule has 1 heterocycles. The van der Waals surface area contributed by atoms with Crippen molar-refractivity contribution in [3.63, 3.8) is 0 Å². The van der Waals surface area contributed by atoms with Crippen LogP contribution in [0.15, 0.2) is 48.5 Å². The Morgan fingerprint density at radius 2 is 1.73 bits per heavy atom. The number of halogens is 1. The Morgan fingerprint density at radius 3 is 2.41 bits per heavy atom. The molecule has 0 bridgehead atoms. The van der Waals surface area contributed by atoms with E-state index in [9.17, 15) is 9.18 Å². The van der Waals surface area contributed by atoms with Gasteiger partial charge in [0.05, 0.1) is 0 Å². The van der Waals surface area contributed by atoms with E-state index in [1.807, 2.05) is 29.2 Å². The summed E-state index contributed by atoms with van der Waals surface area (Å²) in [5.74, 6) is 0.545. The number of carbonyl (C=O) groups excluding carboxylic acids is 1. The molecule has 3 rings (SSSR count). The van der Waals surface area contributed by atoms with E-state index < -0.39 is 0 Å². The number of benzene rings is 2. The molecule has 0 saturated carbocycles. The van der Waals surface area contributed by atoms with Crippen LogP contribution in [-0.4, -0.2) is 23.9 Å². The van der Waals surface area contributed by atoms with Gasteiger partial charge in [-0.2, -0.15) is 0 Å². The second kappa shape index (κ2) is 6.30. The molecule has 0 N–H and O–H groups in total. The van der Waals surface area contributed by atoms with E-state index in [0.717, 1.165) is 37.1 Å². The lowest BCUT2D eigenvalue weighted by molar-refractivity contribution is 0.0697. The first-order valence-electron chi connectivity index (χ1n) is 7.79. The van der Waals surface area contributed by atoms with Crippen molar-refractivity contribution < 1.29 is 9.18 Å². The smallest absolute Gasteiger partial charge is 0.253 e. The highest BCUT2D eigenvalue weighted by atomic mass is 19.1. The van der Waals surface area contributed by atoms with E-state index in [1.54, 1.807) is 12.1 Å². The van der Waals surface area contributed by atoms with Crippen molar-refractivity contribution in [3.8, 4) is 11.1 Å². The third-order valence-electron chi connectivity index (χ3n) is 4.36. The van der Waals surface area contributed by atoms with Crippen molar-refractivity contribution in [3.05, 3.63) is 59.9 Å². The molecule has 3 heteroatoms. The van der Waals surface area contributed by atoms with Crippen molar-refractivity contribution in [2.24, 2.45) is 5.92 Å². The van der Waals surface area contributed by atoms with Crippen LogP contribution in [-0.2, 0) is 0 Å². The largest absolute Gasteiger partial charge is 0.339 e. The summed E-state index contributed by atoms with van der Waals surface area (Å²) in [4.78, 5) is 14.5. The van der Waals surface area contributed by atoms with E-state index in [0.29, 0.717) is 11.5 Å². The first-order valence-corrected chi connectivity index (χ1v) is 7.79. The average Bonchev–Trinajstić information content (AvgIpc) is 2.56. The van der Waals surface area contributed by atoms with Gasteiger partial charge in [-0.3, -0.25) is 4.79 Å². The molecule has 2 aromatic rings. The molecule has 1 fully saturated rings. The maximum Gasteiger partial charge on any atom is 0.253 e. The number of amides is 1. The van der Waals surface area contributed by atoms with E-state index >= 15 is 0 Å². The maximum atomic E-state index is 13.0. The van der Waals surface area contributed by atoms with Crippen LogP contribution in [0.25, 0.3) is 11.1 Å². The van der Waals surface area contributed by atoms with Crippen molar-refractivity contribution in [2.45, 2.75) is 19.8 Å². The molecule has 0 unspecified atom stereocenters. The van der Waals surface area contributed by atoms with Gasteiger partial charge in [0.15, 0.2) is 0 Å². The molecule has 2 aromatic carbocycles. The second-order valence-electron chi connectivity index (χ2n) is 6.06. The molecule has 0 spiro atoms. The molecule has 1 saturated heterocycles. The summed E-state index contributed by atoms with van der Waals surface area (Å²) in [7, 11) is 0. The van der Waals surface area contributed by atoms with Crippen molar-refractivity contribution >= 4 is 5.91 Å². The van der Waals surface area contributed by atoms with Crippen molar-refractivity contribution in [1.82, 2.24) is 4.90 Å². The third kappa shape index (κ3) is 3.19. The van der Waals surface area contributed by atoms with Crippen LogP contribution in [0.4, 0.5) is 4.39 Å². The first kappa shape index (κ1) is 14.8. The predicted molar refractivity (Wildman–Crippen MR) is 86.1 cm³/mol. The molecule has 1 aliphatic rings. The van der Waals surface area contributed by atoms with Crippen LogP contribution in [0.1, 0.15) is 30.1 Å². The van der Waals surface area contributed by atoms with Gasteiger partial charge in [-0.1, -0.05) is 31.2 Å². The Morgan fingerprint density at radius 1 is 1.05 bits per heavy atom. The van der Waals surface area contributed by atoms with Crippen LogP contribution in [0.5, 0.6) is 0 Å². The summed E-state index contributed by atoms with van der Waals surface area (Å²) in [6.07, 6.45) is 2.15. The number of carbonyl (C=O) groups is 1. The van der Waals surface area contributed by atoms with Gasteiger partial charge in [-0.15, -0.1) is 0 Å². The summed E-state index contributed by atoms with van der Waals surface area (Å²) >= 11 is 0. The van der Waals surface area contributed by atoms with Gasteiger partial charge in [0.1, 0.15) is 5.82 Å². The number of nitrogens with zero attached hydrogens (tertiary/aromatic N) is 1. The molecule has 22 heavy (non-hydrogen) atoms. The molecular weight excluding hydrogens is 277 g/mol. The zero-order valence-corrected chi connectivity index (χ0v) is 12.8. The lowest BCUT2D eigenvalue weighted by Gasteiger charge is -2.30. The van der Waals surface area contributed by atoms with E-state index in [4.69, 9.17) is 0 Å². The number of hydrogen-bond donors (Lipinski definition) is 0. The fourth-order valence-corrected chi connectivity index (χ4v) is 2.87. The lowest BCUT2D eigenvalue weighted by Crippen LogP contribution is -2.37. The van der Waals surface area contributed by atoms with Crippen molar-refractivity contribution in [2.75, 3.05) is 13.1 Å². The second-order valence-corrected chi connectivity index (χ2v) is 6.06. The Balaban J connectivity index is 1.81. The van der Waals surface area contributed by atoms with E-state index in [1.165, 1.54) is 12.1 Å². The molecule has 0 aliphatic carbocycles. The molecule has 114 valence electrons. The van der Waals surface area contributed by atoms with Crippen LogP contribution in [0, 0.1) is 11.7 Å². The fourth-order valence-electron chi connectivity index (χ4n) is 2.87. The molecule has 1 aliphatic heterocycles. The van der Waals surface area contributed by atoms with Crippen LogP contribution >= 0.6 is 0 Å². The average molecular weight is 297 g/mol. The quantitative estimate of drug-likeness (QED) is 0.806. The normalized spacial score (nSPS) is 15.8. The number of hydrogen-bond acceptors (Lipinski definition) is 1. The zero-order valence-electron chi connectivity index (χ0n) is 12.8. The summed E-state index contributed by atoms with van der Waals surface area (Å²) in [6, 6.07) is 13.9. The highest BCUT2D eigenvalue weighted by molar-refractivity contribution is 5.95. The Labute approximate surface area is 130 Å². The summed E-state index contributed by atoms with van der Waals surface area (Å²) < 4.78 is 13.0. The molecular formula is C19H20FNO. The monoisotopic (exact) mass is 297 g/mol. The SMILES string of the molecule is CC1CCN(C(=O)c2cccc(-c3ccc(F)cc3)c2)CC1. The highest BCUT2D eigenvalue weighted by Crippen LogP contribution is 2.23. The minimum Gasteiger partial charge on any atom is -0.339 e. The molecule has 1 amide bonds.